The molecule has 2 saturated carbocycles. The number of rotatable bonds is 8. The van der Waals surface area contributed by atoms with Crippen LogP contribution in [-0.4, -0.2) is 66.7 Å². The lowest BCUT2D eigenvalue weighted by molar-refractivity contribution is -0.310. The van der Waals surface area contributed by atoms with Crippen molar-refractivity contribution >= 4 is 11.8 Å². The standard InChI is InChI=1S/C31H42N6O3/c1-30(2)39-19-31(20-40-30)17-37(18-31)27-22-8-6-9-23(27)12-21(11-22)14-33-28-25(13-32)16-35-29(36-28)34-15-24-7-4-5-10-26(24)38-3/h4-5,7,10,16,21-23,27H,6,8-9,11-12,14-15,17-20H2,1-3H3,(H2,33,34,35,36)/t21?,22-,23+,27?. The maximum atomic E-state index is 9.69. The quantitative estimate of drug-likeness (QED) is 0.489. The molecule has 2 aliphatic carbocycles. The van der Waals surface area contributed by atoms with E-state index in [4.69, 9.17) is 14.2 Å². The summed E-state index contributed by atoms with van der Waals surface area (Å²) in [6.07, 6.45) is 8.03. The molecule has 40 heavy (non-hydrogen) atoms. The van der Waals surface area contributed by atoms with Crippen molar-refractivity contribution in [2.75, 3.05) is 50.6 Å². The van der Waals surface area contributed by atoms with Crippen molar-refractivity contribution in [1.82, 2.24) is 14.9 Å². The first-order chi connectivity index (χ1) is 19.4. The number of ether oxygens (including phenoxy) is 3. The summed E-state index contributed by atoms with van der Waals surface area (Å²) in [4.78, 5) is 11.8. The van der Waals surface area contributed by atoms with E-state index in [-0.39, 0.29) is 5.41 Å². The summed E-state index contributed by atoms with van der Waals surface area (Å²) in [7, 11) is 1.67. The molecule has 4 atom stereocenters. The Morgan fingerprint density at radius 3 is 2.52 bits per heavy atom. The van der Waals surface area contributed by atoms with Gasteiger partial charge < -0.3 is 24.8 Å². The van der Waals surface area contributed by atoms with Crippen LogP contribution in [0.4, 0.5) is 11.8 Å². The number of hydrogen-bond donors (Lipinski definition) is 2. The van der Waals surface area contributed by atoms with Gasteiger partial charge in [-0.1, -0.05) is 24.6 Å². The Labute approximate surface area is 237 Å². The summed E-state index contributed by atoms with van der Waals surface area (Å²) in [6, 6.07) is 10.8. The lowest BCUT2D eigenvalue weighted by Gasteiger charge is -2.61. The first-order valence-corrected chi connectivity index (χ1v) is 14.8. The minimum Gasteiger partial charge on any atom is -0.496 e. The minimum absolute atomic E-state index is 0.181. The fourth-order valence-corrected chi connectivity index (χ4v) is 7.49. The monoisotopic (exact) mass is 546 g/mol. The van der Waals surface area contributed by atoms with Crippen molar-refractivity contribution in [3.8, 4) is 11.8 Å². The SMILES string of the molecule is COc1ccccc1CNc1ncc(C#N)c(NCC2C[C@H]3CCC[C@@H](C2)C3N2CC3(COC(C)(C)OC3)C2)n1. The van der Waals surface area contributed by atoms with Crippen LogP contribution < -0.4 is 15.4 Å². The van der Waals surface area contributed by atoms with Gasteiger partial charge in [-0.2, -0.15) is 10.2 Å². The van der Waals surface area contributed by atoms with E-state index in [0.29, 0.717) is 35.8 Å². The molecular formula is C31H42N6O3. The number of likely N-dealkylation sites (tertiary alicyclic amines) is 1. The predicted octanol–water partition coefficient (Wildman–Crippen LogP) is 4.66. The topological polar surface area (TPSA) is 105 Å². The van der Waals surface area contributed by atoms with Gasteiger partial charge in [-0.15, -0.1) is 0 Å². The molecule has 214 valence electrons. The van der Waals surface area contributed by atoms with E-state index in [0.717, 1.165) is 56.0 Å². The van der Waals surface area contributed by atoms with E-state index in [9.17, 15) is 5.26 Å². The van der Waals surface area contributed by atoms with Gasteiger partial charge >= 0.3 is 0 Å². The number of hydrogen-bond acceptors (Lipinski definition) is 9. The van der Waals surface area contributed by atoms with Crippen LogP contribution in [0.25, 0.3) is 0 Å². The molecule has 2 bridgehead atoms. The predicted molar refractivity (Wildman–Crippen MR) is 153 cm³/mol. The van der Waals surface area contributed by atoms with Gasteiger partial charge in [0, 0.05) is 43.2 Å². The highest BCUT2D eigenvalue weighted by Gasteiger charge is 2.54. The highest BCUT2D eigenvalue weighted by Crippen LogP contribution is 2.49. The highest BCUT2D eigenvalue weighted by atomic mass is 16.7. The number of aromatic nitrogens is 2. The van der Waals surface area contributed by atoms with Gasteiger partial charge in [0.05, 0.1) is 26.5 Å². The highest BCUT2D eigenvalue weighted by molar-refractivity contribution is 5.53. The summed E-state index contributed by atoms with van der Waals surface area (Å²) in [5.74, 6) is 3.52. The van der Waals surface area contributed by atoms with Crippen molar-refractivity contribution in [3.63, 3.8) is 0 Å². The van der Waals surface area contributed by atoms with Crippen LogP contribution >= 0.6 is 0 Å². The Morgan fingerprint density at radius 1 is 1.10 bits per heavy atom. The largest absolute Gasteiger partial charge is 0.496 e. The van der Waals surface area contributed by atoms with Gasteiger partial charge in [-0.3, -0.25) is 4.90 Å². The molecule has 2 saturated heterocycles. The fraction of sp³-hybridized carbons (Fsp3) is 0.645. The van der Waals surface area contributed by atoms with Crippen LogP contribution in [0.15, 0.2) is 30.5 Å². The molecule has 0 radical (unpaired) electrons. The molecule has 2 aromatic rings. The third-order valence-electron chi connectivity index (χ3n) is 9.44. The van der Waals surface area contributed by atoms with Crippen LogP contribution in [0, 0.1) is 34.5 Å². The lowest BCUT2D eigenvalue weighted by atomic mass is 9.62. The Bertz CT molecular complexity index is 1210. The molecule has 2 aliphatic heterocycles. The zero-order chi connectivity index (χ0) is 27.7. The first-order valence-electron chi connectivity index (χ1n) is 14.8. The Kier molecular flexibility index (Phi) is 7.60. The number of anilines is 2. The van der Waals surface area contributed by atoms with Crippen LogP contribution in [0.2, 0.25) is 0 Å². The molecule has 4 aliphatic rings. The Balaban J connectivity index is 1.05. The second-order valence-corrected chi connectivity index (χ2v) is 12.8. The first kappa shape index (κ1) is 27.3. The van der Waals surface area contributed by atoms with Crippen LogP contribution in [0.5, 0.6) is 5.75 Å². The van der Waals surface area contributed by atoms with E-state index >= 15 is 0 Å². The van der Waals surface area contributed by atoms with Crippen molar-refractivity contribution in [3.05, 3.63) is 41.6 Å². The zero-order valence-corrected chi connectivity index (χ0v) is 24.0. The number of fused-ring (bicyclic) bond motifs is 2. The summed E-state index contributed by atoms with van der Waals surface area (Å²) in [5.41, 5.74) is 1.68. The van der Waals surface area contributed by atoms with Crippen molar-refractivity contribution in [1.29, 1.82) is 5.26 Å². The maximum Gasteiger partial charge on any atom is 0.224 e. The van der Waals surface area contributed by atoms with Crippen LogP contribution in [0.1, 0.15) is 57.1 Å². The molecule has 9 heteroatoms. The average Bonchev–Trinajstić information content (AvgIpc) is 2.94. The second-order valence-electron chi connectivity index (χ2n) is 12.8. The fourth-order valence-electron chi connectivity index (χ4n) is 7.49. The average molecular weight is 547 g/mol. The molecule has 2 N–H and O–H groups in total. The van der Waals surface area contributed by atoms with E-state index in [2.05, 4.69) is 31.6 Å². The van der Waals surface area contributed by atoms with Crippen molar-refractivity contribution in [2.24, 2.45) is 23.2 Å². The summed E-state index contributed by atoms with van der Waals surface area (Å²) in [6.45, 7) is 9.20. The molecule has 2 unspecified atom stereocenters. The van der Waals surface area contributed by atoms with Gasteiger partial charge in [-0.05, 0) is 63.4 Å². The van der Waals surface area contributed by atoms with Crippen LogP contribution in [-0.2, 0) is 16.0 Å². The molecule has 1 aromatic carbocycles. The number of nitrogens with one attached hydrogen (secondary N) is 2. The molecule has 1 aromatic heterocycles. The number of para-hydroxylation sites is 1. The van der Waals surface area contributed by atoms with Gasteiger partial charge in [0.2, 0.25) is 5.95 Å². The smallest absolute Gasteiger partial charge is 0.224 e. The molecule has 3 heterocycles. The molecular weight excluding hydrogens is 504 g/mol. The van der Waals surface area contributed by atoms with Gasteiger partial charge in [0.25, 0.3) is 0 Å². The lowest BCUT2D eigenvalue weighted by Crippen LogP contribution is -2.69. The number of nitriles is 1. The summed E-state index contributed by atoms with van der Waals surface area (Å²) in [5, 5.41) is 16.5. The normalized spacial score (nSPS) is 28.8. The van der Waals surface area contributed by atoms with E-state index in [1.165, 1.54) is 32.1 Å². The minimum atomic E-state index is -0.450. The summed E-state index contributed by atoms with van der Waals surface area (Å²) >= 11 is 0. The zero-order valence-electron chi connectivity index (χ0n) is 24.0. The summed E-state index contributed by atoms with van der Waals surface area (Å²) < 4.78 is 17.5. The van der Waals surface area contributed by atoms with Gasteiger partial charge in [0.1, 0.15) is 23.2 Å². The van der Waals surface area contributed by atoms with E-state index in [1.807, 2.05) is 38.1 Å². The molecule has 6 rings (SSSR count). The molecule has 0 amide bonds. The van der Waals surface area contributed by atoms with Crippen molar-refractivity contribution in [2.45, 2.75) is 64.3 Å². The molecule has 1 spiro atoms. The third kappa shape index (κ3) is 5.63. The number of benzene rings is 1. The van der Waals surface area contributed by atoms with Crippen LogP contribution in [0.3, 0.4) is 0 Å². The number of methoxy groups -OCH3 is 1. The molecule has 4 fully saturated rings. The Hall–Kier alpha value is -2.93. The molecule has 9 nitrogen and oxygen atoms in total. The van der Waals surface area contributed by atoms with Gasteiger partial charge in [-0.25, -0.2) is 4.98 Å². The number of nitrogens with zero attached hydrogens (tertiary/aromatic N) is 4. The maximum absolute atomic E-state index is 9.69. The van der Waals surface area contributed by atoms with E-state index < -0.39 is 5.79 Å². The van der Waals surface area contributed by atoms with Gasteiger partial charge in [0.15, 0.2) is 5.79 Å². The van der Waals surface area contributed by atoms with Crippen molar-refractivity contribution < 1.29 is 14.2 Å². The Morgan fingerprint density at radius 2 is 1.82 bits per heavy atom. The second kappa shape index (κ2) is 11.2. The third-order valence-corrected chi connectivity index (χ3v) is 9.44. The van der Waals surface area contributed by atoms with E-state index in [1.54, 1.807) is 13.3 Å².